The molecule has 2 fully saturated rings. The lowest BCUT2D eigenvalue weighted by molar-refractivity contribution is -0.384. The number of urea groups is 1. The predicted octanol–water partition coefficient (Wildman–Crippen LogP) is 2.76. The monoisotopic (exact) mass is 414 g/mol. The van der Waals surface area contributed by atoms with Crippen LogP contribution in [0.5, 0.6) is 0 Å². The number of hydrogen-bond acceptors (Lipinski definition) is 6. The van der Waals surface area contributed by atoms with E-state index in [0.717, 1.165) is 24.9 Å². The fraction of sp³-hybridized carbons (Fsp3) is 0.571. The number of imide groups is 2. The molecule has 0 unspecified atom stereocenters. The first-order valence-electron chi connectivity index (χ1n) is 10.5. The van der Waals surface area contributed by atoms with Crippen LogP contribution in [0.2, 0.25) is 0 Å². The second-order valence-corrected chi connectivity index (χ2v) is 8.47. The summed E-state index contributed by atoms with van der Waals surface area (Å²) in [5, 5.41) is 13.8. The minimum atomic E-state index is -1.47. The van der Waals surface area contributed by atoms with Gasteiger partial charge in [-0.3, -0.25) is 29.9 Å². The molecule has 0 radical (unpaired) electrons. The smallest absolute Gasteiger partial charge is 0.331 e. The lowest BCUT2D eigenvalue weighted by atomic mass is 9.67. The van der Waals surface area contributed by atoms with Gasteiger partial charge in [0.2, 0.25) is 11.8 Å². The number of nitro groups is 1. The van der Waals surface area contributed by atoms with E-state index in [1.165, 1.54) is 17.0 Å². The van der Waals surface area contributed by atoms with Crippen LogP contribution in [0.1, 0.15) is 51.5 Å². The van der Waals surface area contributed by atoms with Gasteiger partial charge in [-0.1, -0.05) is 19.8 Å². The Balaban J connectivity index is 1.89. The van der Waals surface area contributed by atoms with E-state index in [1.807, 2.05) is 6.92 Å². The molecule has 0 saturated carbocycles. The van der Waals surface area contributed by atoms with Crippen molar-refractivity contribution in [3.63, 3.8) is 0 Å². The second kappa shape index (κ2) is 7.37. The van der Waals surface area contributed by atoms with Gasteiger partial charge in [0.25, 0.3) is 5.69 Å². The number of amides is 4. The van der Waals surface area contributed by atoms with Crippen molar-refractivity contribution in [3.8, 4) is 0 Å². The van der Waals surface area contributed by atoms with Crippen LogP contribution in [-0.2, 0) is 16.0 Å². The van der Waals surface area contributed by atoms with E-state index >= 15 is 0 Å². The molecule has 1 aromatic rings. The van der Waals surface area contributed by atoms with Crippen LogP contribution >= 0.6 is 0 Å². The van der Waals surface area contributed by atoms with Crippen LogP contribution in [0.4, 0.5) is 16.2 Å². The van der Waals surface area contributed by atoms with Crippen LogP contribution in [0, 0.1) is 15.5 Å². The average Bonchev–Trinajstić information content (AvgIpc) is 2.98. The maximum atomic E-state index is 13.8. The van der Waals surface area contributed by atoms with Gasteiger partial charge in [0.15, 0.2) is 5.41 Å². The van der Waals surface area contributed by atoms with Crippen molar-refractivity contribution in [1.82, 2.24) is 10.2 Å². The summed E-state index contributed by atoms with van der Waals surface area (Å²) >= 11 is 0. The number of anilines is 1. The van der Waals surface area contributed by atoms with Crippen molar-refractivity contribution < 1.29 is 19.3 Å². The number of non-ortho nitro benzene ring substituents is 1. The Morgan fingerprint density at radius 1 is 1.27 bits per heavy atom. The number of hydrogen-bond donors (Lipinski definition) is 1. The summed E-state index contributed by atoms with van der Waals surface area (Å²) < 4.78 is 0. The van der Waals surface area contributed by atoms with Gasteiger partial charge < -0.3 is 4.90 Å². The Hall–Kier alpha value is -2.97. The molecule has 2 saturated heterocycles. The topological polar surface area (TPSA) is 113 Å². The Labute approximate surface area is 174 Å². The van der Waals surface area contributed by atoms with Gasteiger partial charge in [-0.25, -0.2) is 4.79 Å². The molecule has 9 heteroatoms. The highest BCUT2D eigenvalue weighted by atomic mass is 16.6. The van der Waals surface area contributed by atoms with E-state index < -0.39 is 28.2 Å². The average molecular weight is 414 g/mol. The lowest BCUT2D eigenvalue weighted by Gasteiger charge is -2.52. The number of fused-ring (bicyclic) bond motifs is 4. The number of carbonyl (C=O) groups excluding carboxylic acids is 3. The number of nitro benzene ring substituents is 1. The fourth-order valence-electron chi connectivity index (χ4n) is 5.14. The number of nitrogens with zero attached hydrogens (tertiary/aromatic N) is 3. The molecule has 160 valence electrons. The summed E-state index contributed by atoms with van der Waals surface area (Å²) in [6.45, 7) is 4.33. The molecule has 3 atom stereocenters. The minimum Gasteiger partial charge on any atom is -0.367 e. The molecule has 3 heterocycles. The molecule has 0 aromatic heterocycles. The fourth-order valence-corrected chi connectivity index (χ4v) is 5.14. The van der Waals surface area contributed by atoms with E-state index in [-0.39, 0.29) is 24.2 Å². The molecule has 3 aliphatic heterocycles. The minimum absolute atomic E-state index is 0.0516. The van der Waals surface area contributed by atoms with Crippen LogP contribution in [0.25, 0.3) is 0 Å². The summed E-state index contributed by atoms with van der Waals surface area (Å²) in [4.78, 5) is 53.7. The van der Waals surface area contributed by atoms with Gasteiger partial charge in [-0.15, -0.1) is 0 Å². The zero-order chi connectivity index (χ0) is 21.6. The van der Waals surface area contributed by atoms with Gasteiger partial charge in [-0.2, -0.15) is 0 Å². The van der Waals surface area contributed by atoms with Gasteiger partial charge in [0.05, 0.1) is 11.0 Å². The molecular formula is C21H26N4O5. The first-order chi connectivity index (χ1) is 14.3. The van der Waals surface area contributed by atoms with Gasteiger partial charge >= 0.3 is 6.03 Å². The lowest BCUT2D eigenvalue weighted by Crippen LogP contribution is -2.73. The Morgan fingerprint density at radius 3 is 2.73 bits per heavy atom. The number of benzene rings is 1. The molecule has 1 spiro atoms. The largest absolute Gasteiger partial charge is 0.367 e. The Morgan fingerprint density at radius 2 is 2.03 bits per heavy atom. The van der Waals surface area contributed by atoms with E-state index in [4.69, 9.17) is 0 Å². The van der Waals surface area contributed by atoms with Crippen LogP contribution in [-0.4, -0.2) is 46.3 Å². The SMILES string of the molecule is CC[C@H](C)N1C(=O)NC(=O)[C@@]2(Cc3cc([N+](=O)[O-])ccc3N3CCCCC[C@H]32)C1=O. The van der Waals surface area contributed by atoms with Crippen molar-refractivity contribution in [2.24, 2.45) is 5.41 Å². The molecule has 3 aliphatic rings. The highest BCUT2D eigenvalue weighted by Crippen LogP contribution is 2.48. The molecule has 4 amide bonds. The van der Waals surface area contributed by atoms with Gasteiger partial charge in [0, 0.05) is 36.8 Å². The number of barbiturate groups is 1. The maximum absolute atomic E-state index is 13.8. The molecular weight excluding hydrogens is 388 g/mol. The summed E-state index contributed by atoms with van der Waals surface area (Å²) in [7, 11) is 0. The number of carbonyl (C=O) groups is 3. The molecule has 1 N–H and O–H groups in total. The molecule has 0 bridgehead atoms. The number of rotatable bonds is 3. The van der Waals surface area contributed by atoms with Crippen molar-refractivity contribution >= 4 is 29.2 Å². The number of nitrogens with one attached hydrogen (secondary N) is 1. The standard InChI is InChI=1S/C21H26N4O5/c1-3-13(2)24-19(27)21(18(26)22-20(24)28)12-14-11-15(25(29)30)8-9-16(14)23-10-6-4-5-7-17(21)23/h8-9,11,13,17H,3-7,10,12H2,1-2H3,(H,22,26,28)/t13-,17-,21-/m0/s1. The van der Waals surface area contributed by atoms with Crippen molar-refractivity contribution in [2.75, 3.05) is 11.4 Å². The van der Waals surface area contributed by atoms with E-state index in [2.05, 4.69) is 10.2 Å². The maximum Gasteiger partial charge on any atom is 0.331 e. The normalized spacial score (nSPS) is 27.3. The van der Waals surface area contributed by atoms with Gasteiger partial charge in [-0.05, 0) is 37.8 Å². The summed E-state index contributed by atoms with van der Waals surface area (Å²) in [6, 6.07) is 3.23. The third-order valence-corrected chi connectivity index (χ3v) is 6.85. The second-order valence-electron chi connectivity index (χ2n) is 8.47. The van der Waals surface area contributed by atoms with E-state index in [0.29, 0.717) is 24.9 Å². The van der Waals surface area contributed by atoms with Gasteiger partial charge in [0.1, 0.15) is 0 Å². The zero-order valence-electron chi connectivity index (χ0n) is 17.2. The van der Waals surface area contributed by atoms with E-state index in [1.54, 1.807) is 13.0 Å². The van der Waals surface area contributed by atoms with Crippen LogP contribution < -0.4 is 10.2 Å². The Kier molecular flexibility index (Phi) is 4.99. The quantitative estimate of drug-likeness (QED) is 0.462. The van der Waals surface area contributed by atoms with Crippen molar-refractivity contribution in [2.45, 2.75) is 64.5 Å². The molecule has 4 rings (SSSR count). The molecule has 30 heavy (non-hydrogen) atoms. The van der Waals surface area contributed by atoms with Crippen LogP contribution in [0.15, 0.2) is 18.2 Å². The first-order valence-corrected chi connectivity index (χ1v) is 10.5. The van der Waals surface area contributed by atoms with E-state index in [9.17, 15) is 24.5 Å². The molecule has 0 aliphatic carbocycles. The highest BCUT2D eigenvalue weighted by Gasteiger charge is 2.62. The Bertz CT molecular complexity index is 932. The highest BCUT2D eigenvalue weighted by molar-refractivity contribution is 6.20. The summed E-state index contributed by atoms with van der Waals surface area (Å²) in [5.41, 5.74) is -0.102. The third kappa shape index (κ3) is 2.86. The van der Waals surface area contributed by atoms with Crippen molar-refractivity contribution in [3.05, 3.63) is 33.9 Å². The predicted molar refractivity (Wildman–Crippen MR) is 109 cm³/mol. The van der Waals surface area contributed by atoms with Crippen molar-refractivity contribution in [1.29, 1.82) is 0 Å². The zero-order valence-corrected chi connectivity index (χ0v) is 17.2. The van der Waals surface area contributed by atoms with Crippen LogP contribution in [0.3, 0.4) is 0 Å². The molecule has 1 aromatic carbocycles. The summed E-state index contributed by atoms with van der Waals surface area (Å²) in [5.74, 6) is -1.08. The molecule has 9 nitrogen and oxygen atoms in total. The third-order valence-electron chi connectivity index (χ3n) is 6.85. The summed E-state index contributed by atoms with van der Waals surface area (Å²) in [6.07, 6.45) is 4.04. The first kappa shape index (κ1) is 20.3.